The van der Waals surface area contributed by atoms with Crippen molar-refractivity contribution in [1.82, 2.24) is 5.32 Å². The molecule has 0 unspecified atom stereocenters. The van der Waals surface area contributed by atoms with Crippen molar-refractivity contribution in [3.05, 3.63) is 29.1 Å². The SMILES string of the molecule is [C-]#[N+]c1cc(CCNC(=O)OC(C)(C)C)cc(OC)c1OC. The second-order valence-corrected chi connectivity index (χ2v) is 5.64. The zero-order valence-corrected chi connectivity index (χ0v) is 13.6. The van der Waals surface area contributed by atoms with E-state index in [1.54, 1.807) is 12.1 Å². The molecule has 0 heterocycles. The van der Waals surface area contributed by atoms with Gasteiger partial charge in [0.1, 0.15) is 11.4 Å². The van der Waals surface area contributed by atoms with Crippen molar-refractivity contribution < 1.29 is 19.0 Å². The van der Waals surface area contributed by atoms with E-state index in [1.165, 1.54) is 14.2 Å². The Morgan fingerprint density at radius 3 is 2.45 bits per heavy atom. The van der Waals surface area contributed by atoms with Gasteiger partial charge in [0.2, 0.25) is 5.69 Å². The highest BCUT2D eigenvalue weighted by molar-refractivity contribution is 5.68. The molecule has 1 N–H and O–H groups in total. The van der Waals surface area contributed by atoms with Gasteiger partial charge in [-0.2, -0.15) is 0 Å². The monoisotopic (exact) mass is 306 g/mol. The van der Waals surface area contributed by atoms with Crippen molar-refractivity contribution in [2.75, 3.05) is 20.8 Å². The number of rotatable bonds is 5. The first-order valence-corrected chi connectivity index (χ1v) is 6.90. The van der Waals surface area contributed by atoms with Gasteiger partial charge in [-0.1, -0.05) is 5.56 Å². The van der Waals surface area contributed by atoms with Crippen LogP contribution in [0.5, 0.6) is 11.5 Å². The number of nitrogens with zero attached hydrogens (tertiary/aromatic N) is 1. The largest absolute Gasteiger partial charge is 0.504 e. The Kier molecular flexibility index (Phi) is 6.05. The molecular formula is C16H22N2O4. The zero-order chi connectivity index (χ0) is 16.8. The molecule has 0 aliphatic heterocycles. The van der Waals surface area contributed by atoms with Gasteiger partial charge < -0.3 is 19.5 Å². The lowest BCUT2D eigenvalue weighted by Crippen LogP contribution is -2.33. The molecule has 1 amide bonds. The maximum absolute atomic E-state index is 11.6. The van der Waals surface area contributed by atoms with Crippen LogP contribution < -0.4 is 14.8 Å². The second-order valence-electron chi connectivity index (χ2n) is 5.64. The van der Waals surface area contributed by atoms with E-state index in [2.05, 4.69) is 10.2 Å². The van der Waals surface area contributed by atoms with Gasteiger partial charge in [0.25, 0.3) is 0 Å². The molecule has 0 atom stereocenters. The van der Waals surface area contributed by atoms with E-state index in [9.17, 15) is 4.79 Å². The molecule has 0 bridgehead atoms. The van der Waals surface area contributed by atoms with Crippen molar-refractivity contribution >= 4 is 11.8 Å². The summed E-state index contributed by atoms with van der Waals surface area (Å²) in [5, 5.41) is 2.68. The van der Waals surface area contributed by atoms with Crippen molar-refractivity contribution in [2.45, 2.75) is 32.8 Å². The van der Waals surface area contributed by atoms with Crippen LogP contribution in [0.1, 0.15) is 26.3 Å². The molecule has 1 aromatic carbocycles. The molecular weight excluding hydrogens is 284 g/mol. The van der Waals surface area contributed by atoms with E-state index in [-0.39, 0.29) is 0 Å². The molecule has 0 radical (unpaired) electrons. The van der Waals surface area contributed by atoms with E-state index in [1.807, 2.05) is 20.8 Å². The number of hydrogen-bond acceptors (Lipinski definition) is 4. The van der Waals surface area contributed by atoms with Crippen LogP contribution in [-0.2, 0) is 11.2 Å². The number of methoxy groups -OCH3 is 2. The number of carbonyl (C=O) groups excluding carboxylic acids is 1. The van der Waals surface area contributed by atoms with Gasteiger partial charge in [-0.15, -0.1) is 0 Å². The average Bonchev–Trinajstić information content (AvgIpc) is 2.44. The third-order valence-corrected chi connectivity index (χ3v) is 2.72. The lowest BCUT2D eigenvalue weighted by molar-refractivity contribution is 0.0528. The summed E-state index contributed by atoms with van der Waals surface area (Å²) in [6, 6.07) is 3.52. The fourth-order valence-corrected chi connectivity index (χ4v) is 1.85. The smallest absolute Gasteiger partial charge is 0.407 e. The zero-order valence-electron chi connectivity index (χ0n) is 13.6. The first kappa shape index (κ1) is 17.6. The Labute approximate surface area is 131 Å². The predicted molar refractivity (Wildman–Crippen MR) is 83.7 cm³/mol. The number of amides is 1. The van der Waals surface area contributed by atoms with E-state index in [0.717, 1.165) is 5.56 Å². The van der Waals surface area contributed by atoms with Crippen molar-refractivity contribution in [3.8, 4) is 11.5 Å². The standard InChI is InChI=1S/C16H22N2O4/c1-16(2,3)22-15(19)18-8-7-11-9-12(17-4)14(21-6)13(10-11)20-5/h9-10H,7-8H2,1-3,5-6H3,(H,18,19). The number of carbonyl (C=O) groups is 1. The van der Waals surface area contributed by atoms with Crippen LogP contribution in [0.25, 0.3) is 4.85 Å². The summed E-state index contributed by atoms with van der Waals surface area (Å²) in [6.07, 6.45) is 0.0978. The topological polar surface area (TPSA) is 61.2 Å². The van der Waals surface area contributed by atoms with Gasteiger partial charge in [0.05, 0.1) is 20.8 Å². The van der Waals surface area contributed by atoms with Crippen LogP contribution in [-0.4, -0.2) is 32.5 Å². The van der Waals surface area contributed by atoms with Gasteiger partial charge in [-0.3, -0.25) is 0 Å². The quantitative estimate of drug-likeness (QED) is 0.848. The van der Waals surface area contributed by atoms with Crippen LogP contribution in [0.15, 0.2) is 12.1 Å². The molecule has 0 spiro atoms. The van der Waals surface area contributed by atoms with Crippen LogP contribution in [0.3, 0.4) is 0 Å². The molecule has 120 valence electrons. The maximum atomic E-state index is 11.6. The van der Waals surface area contributed by atoms with Gasteiger partial charge in [0, 0.05) is 6.54 Å². The average molecular weight is 306 g/mol. The predicted octanol–water partition coefficient (Wildman–Crippen LogP) is 3.32. The number of ether oxygens (including phenoxy) is 3. The Morgan fingerprint density at radius 1 is 1.27 bits per heavy atom. The van der Waals surface area contributed by atoms with Crippen molar-refractivity contribution in [3.63, 3.8) is 0 Å². The lowest BCUT2D eigenvalue weighted by atomic mass is 10.1. The van der Waals surface area contributed by atoms with E-state index in [4.69, 9.17) is 20.8 Å². The Balaban J connectivity index is 2.71. The van der Waals surface area contributed by atoms with Crippen LogP contribution in [0, 0.1) is 6.57 Å². The molecule has 0 aliphatic carbocycles. The minimum Gasteiger partial charge on any atom is -0.504 e. The highest BCUT2D eigenvalue weighted by Gasteiger charge is 2.16. The second kappa shape index (κ2) is 7.55. The van der Waals surface area contributed by atoms with Gasteiger partial charge in [-0.05, 0) is 39.3 Å². The third-order valence-electron chi connectivity index (χ3n) is 2.72. The van der Waals surface area contributed by atoms with Crippen molar-refractivity contribution in [2.24, 2.45) is 0 Å². The van der Waals surface area contributed by atoms with Crippen LogP contribution in [0.4, 0.5) is 10.5 Å². The molecule has 6 heteroatoms. The number of hydrogen-bond donors (Lipinski definition) is 1. The van der Waals surface area contributed by atoms with Gasteiger partial charge in [-0.25, -0.2) is 9.64 Å². The maximum Gasteiger partial charge on any atom is 0.407 e. The highest BCUT2D eigenvalue weighted by Crippen LogP contribution is 2.38. The molecule has 1 rings (SSSR count). The summed E-state index contributed by atoms with van der Waals surface area (Å²) in [7, 11) is 3.02. The van der Waals surface area contributed by atoms with Crippen molar-refractivity contribution in [1.29, 1.82) is 0 Å². The summed E-state index contributed by atoms with van der Waals surface area (Å²) in [5.41, 5.74) is 0.735. The van der Waals surface area contributed by atoms with Gasteiger partial charge >= 0.3 is 6.09 Å². The number of nitrogens with one attached hydrogen (secondary N) is 1. The fourth-order valence-electron chi connectivity index (χ4n) is 1.85. The molecule has 0 fully saturated rings. The van der Waals surface area contributed by atoms with Crippen LogP contribution in [0.2, 0.25) is 0 Å². The molecule has 1 aromatic rings. The van der Waals surface area contributed by atoms with Crippen LogP contribution >= 0.6 is 0 Å². The van der Waals surface area contributed by atoms with E-state index in [0.29, 0.717) is 30.2 Å². The molecule has 22 heavy (non-hydrogen) atoms. The molecule has 0 saturated heterocycles. The van der Waals surface area contributed by atoms with Gasteiger partial charge in [0.15, 0.2) is 5.75 Å². The minimum atomic E-state index is -0.523. The Hall–Kier alpha value is -2.42. The summed E-state index contributed by atoms with van der Waals surface area (Å²) in [5.74, 6) is 0.921. The lowest BCUT2D eigenvalue weighted by Gasteiger charge is -2.19. The number of alkyl carbamates (subject to hydrolysis) is 1. The first-order valence-electron chi connectivity index (χ1n) is 6.90. The van der Waals surface area contributed by atoms with E-state index >= 15 is 0 Å². The fraction of sp³-hybridized carbons (Fsp3) is 0.500. The first-order chi connectivity index (χ1) is 10.3. The molecule has 0 aromatic heterocycles. The summed E-state index contributed by atoms with van der Waals surface area (Å²) in [6.45, 7) is 13.0. The number of benzene rings is 1. The molecule has 0 aliphatic rings. The van der Waals surface area contributed by atoms with E-state index < -0.39 is 11.7 Å². The summed E-state index contributed by atoms with van der Waals surface area (Å²) < 4.78 is 15.6. The summed E-state index contributed by atoms with van der Waals surface area (Å²) in [4.78, 5) is 15.0. The highest BCUT2D eigenvalue weighted by atomic mass is 16.6. The Bertz CT molecular complexity index is 571. The normalized spacial score (nSPS) is 10.5. The summed E-state index contributed by atoms with van der Waals surface area (Å²) >= 11 is 0. The molecule has 6 nitrogen and oxygen atoms in total. The Morgan fingerprint density at radius 2 is 1.95 bits per heavy atom. The minimum absolute atomic E-state index is 0.383. The molecule has 0 saturated carbocycles. The third kappa shape index (κ3) is 5.17.